The number of para-hydroxylation sites is 2. The Balaban J connectivity index is 1.80. The van der Waals surface area contributed by atoms with Crippen molar-refractivity contribution >= 4 is 22.4 Å². The van der Waals surface area contributed by atoms with Crippen molar-refractivity contribution in [3.63, 3.8) is 0 Å². The van der Waals surface area contributed by atoms with E-state index in [1.165, 1.54) is 11.3 Å². The van der Waals surface area contributed by atoms with Crippen molar-refractivity contribution in [2.24, 2.45) is 0 Å². The van der Waals surface area contributed by atoms with Gasteiger partial charge in [-0.1, -0.05) is 37.3 Å². The fourth-order valence-electron chi connectivity index (χ4n) is 1.69. The summed E-state index contributed by atoms with van der Waals surface area (Å²) in [4.78, 5) is 11.9. The van der Waals surface area contributed by atoms with Crippen LogP contribution in [0, 0.1) is 0 Å². The topological polar surface area (TPSA) is 73.3 Å². The van der Waals surface area contributed by atoms with Gasteiger partial charge < -0.3 is 14.8 Å². The van der Waals surface area contributed by atoms with Crippen LogP contribution < -0.4 is 14.8 Å². The third-order valence-corrected chi connectivity index (χ3v) is 3.98. The second kappa shape index (κ2) is 7.74. The maximum atomic E-state index is 11.9. The smallest absolute Gasteiger partial charge is 0.229 e. The van der Waals surface area contributed by atoms with Crippen LogP contribution in [-0.2, 0) is 4.79 Å². The Bertz CT molecular complexity index is 628. The number of methoxy groups -OCH3 is 1. The van der Waals surface area contributed by atoms with Gasteiger partial charge in [0.25, 0.3) is 0 Å². The molecule has 2 rings (SSSR count). The molecule has 118 valence electrons. The Labute approximate surface area is 133 Å². The number of nitrogens with one attached hydrogen (secondary N) is 1. The molecule has 1 aromatic heterocycles. The Morgan fingerprint density at radius 2 is 2.00 bits per heavy atom. The third kappa shape index (κ3) is 4.42. The van der Waals surface area contributed by atoms with Gasteiger partial charge in [0.2, 0.25) is 11.0 Å². The average Bonchev–Trinajstić information content (AvgIpc) is 2.96. The number of rotatable bonds is 7. The summed E-state index contributed by atoms with van der Waals surface area (Å²) in [6, 6.07) is 7.33. The first-order valence-corrected chi connectivity index (χ1v) is 7.81. The van der Waals surface area contributed by atoms with E-state index in [1.807, 2.05) is 32.0 Å². The number of carbonyl (C=O) groups excluding carboxylic acids is 1. The zero-order valence-electron chi connectivity index (χ0n) is 12.8. The molecule has 0 aliphatic rings. The van der Waals surface area contributed by atoms with Crippen LogP contribution in [0.2, 0.25) is 0 Å². The van der Waals surface area contributed by atoms with Crippen LogP contribution in [0.15, 0.2) is 24.3 Å². The second-order valence-electron chi connectivity index (χ2n) is 4.90. The average molecular weight is 321 g/mol. The molecular formula is C15H19N3O3S. The first-order valence-electron chi connectivity index (χ1n) is 6.99. The van der Waals surface area contributed by atoms with Gasteiger partial charge in [0.1, 0.15) is 5.01 Å². The zero-order chi connectivity index (χ0) is 15.9. The van der Waals surface area contributed by atoms with Gasteiger partial charge in [-0.05, 0) is 12.1 Å². The normalized spacial score (nSPS) is 10.5. The minimum atomic E-state index is -0.152. The fourth-order valence-corrected chi connectivity index (χ4v) is 2.45. The molecule has 1 aromatic carbocycles. The summed E-state index contributed by atoms with van der Waals surface area (Å²) >= 11 is 1.39. The van der Waals surface area contributed by atoms with Crippen molar-refractivity contribution in [1.82, 2.24) is 10.2 Å². The van der Waals surface area contributed by atoms with Gasteiger partial charge in [0.15, 0.2) is 11.5 Å². The van der Waals surface area contributed by atoms with E-state index in [-0.39, 0.29) is 18.9 Å². The molecule has 1 amide bonds. The molecule has 7 heteroatoms. The molecule has 2 aromatic rings. The lowest BCUT2D eigenvalue weighted by atomic mass is 10.2. The lowest BCUT2D eigenvalue weighted by Gasteiger charge is -2.09. The van der Waals surface area contributed by atoms with Crippen LogP contribution in [0.25, 0.3) is 0 Å². The quantitative estimate of drug-likeness (QED) is 0.848. The maximum absolute atomic E-state index is 11.9. The molecule has 0 radical (unpaired) electrons. The number of aromatic nitrogens is 2. The molecule has 1 heterocycles. The van der Waals surface area contributed by atoms with E-state index < -0.39 is 0 Å². The molecule has 0 aliphatic heterocycles. The molecule has 1 N–H and O–H groups in total. The molecule has 0 fully saturated rings. The van der Waals surface area contributed by atoms with Gasteiger partial charge in [0, 0.05) is 5.92 Å². The first kappa shape index (κ1) is 16.2. The van der Waals surface area contributed by atoms with Gasteiger partial charge in [-0.2, -0.15) is 0 Å². The largest absolute Gasteiger partial charge is 0.493 e. The molecule has 0 saturated carbocycles. The first-order chi connectivity index (χ1) is 10.6. The van der Waals surface area contributed by atoms with E-state index in [0.717, 1.165) is 5.01 Å². The fraction of sp³-hybridized carbons (Fsp3) is 0.400. The number of carbonyl (C=O) groups is 1. The molecule has 22 heavy (non-hydrogen) atoms. The highest BCUT2D eigenvalue weighted by Crippen LogP contribution is 2.26. The van der Waals surface area contributed by atoms with Crippen molar-refractivity contribution in [3.05, 3.63) is 29.3 Å². The second-order valence-corrected chi connectivity index (χ2v) is 5.91. The Morgan fingerprint density at radius 3 is 2.64 bits per heavy atom. The number of anilines is 1. The molecule has 0 saturated heterocycles. The van der Waals surface area contributed by atoms with E-state index >= 15 is 0 Å². The summed E-state index contributed by atoms with van der Waals surface area (Å²) in [6.45, 7) is 4.34. The van der Waals surface area contributed by atoms with Gasteiger partial charge in [-0.25, -0.2) is 0 Å². The summed E-state index contributed by atoms with van der Waals surface area (Å²) in [5, 5.41) is 12.1. The molecule has 0 bridgehead atoms. The highest BCUT2D eigenvalue weighted by molar-refractivity contribution is 7.15. The number of ether oxygens (including phenoxy) is 2. The standard InChI is InChI=1S/C15H19N3O3S/c1-10(2)14-17-18-15(22-14)16-13(19)8-9-21-12-7-5-4-6-11(12)20-3/h4-7,10H,8-9H2,1-3H3,(H,16,18,19). The molecule has 0 spiro atoms. The SMILES string of the molecule is COc1ccccc1OCCC(=O)Nc1nnc(C(C)C)s1. The number of hydrogen-bond acceptors (Lipinski definition) is 6. The zero-order valence-corrected chi connectivity index (χ0v) is 13.6. The van der Waals surface area contributed by atoms with Gasteiger partial charge in [-0.3, -0.25) is 4.79 Å². The lowest BCUT2D eigenvalue weighted by molar-refractivity contribution is -0.116. The van der Waals surface area contributed by atoms with E-state index in [0.29, 0.717) is 22.5 Å². The minimum Gasteiger partial charge on any atom is -0.493 e. The van der Waals surface area contributed by atoms with Crippen LogP contribution in [0.3, 0.4) is 0 Å². The predicted molar refractivity (Wildman–Crippen MR) is 85.7 cm³/mol. The number of hydrogen-bond donors (Lipinski definition) is 1. The molecule has 0 atom stereocenters. The van der Waals surface area contributed by atoms with Crippen molar-refractivity contribution in [2.75, 3.05) is 19.0 Å². The van der Waals surface area contributed by atoms with Crippen LogP contribution in [0.5, 0.6) is 11.5 Å². The monoisotopic (exact) mass is 321 g/mol. The van der Waals surface area contributed by atoms with Crippen molar-refractivity contribution in [3.8, 4) is 11.5 Å². The maximum Gasteiger partial charge on any atom is 0.229 e. The van der Waals surface area contributed by atoms with Crippen LogP contribution in [-0.4, -0.2) is 29.8 Å². The van der Waals surface area contributed by atoms with E-state index in [4.69, 9.17) is 9.47 Å². The highest BCUT2D eigenvalue weighted by atomic mass is 32.1. The summed E-state index contributed by atoms with van der Waals surface area (Å²) in [6.07, 6.45) is 0.231. The molecule has 6 nitrogen and oxygen atoms in total. The van der Waals surface area contributed by atoms with Crippen LogP contribution >= 0.6 is 11.3 Å². The summed E-state index contributed by atoms with van der Waals surface area (Å²) < 4.78 is 10.7. The van der Waals surface area contributed by atoms with Crippen molar-refractivity contribution in [1.29, 1.82) is 0 Å². The van der Waals surface area contributed by atoms with E-state index in [2.05, 4.69) is 15.5 Å². The van der Waals surface area contributed by atoms with Gasteiger partial charge >= 0.3 is 0 Å². The predicted octanol–water partition coefficient (Wildman–Crippen LogP) is 3.08. The van der Waals surface area contributed by atoms with Crippen LogP contribution in [0.1, 0.15) is 31.2 Å². The Hall–Kier alpha value is -2.15. The Kier molecular flexibility index (Phi) is 5.71. The van der Waals surface area contributed by atoms with Crippen molar-refractivity contribution < 1.29 is 14.3 Å². The summed E-state index contributed by atoms with van der Waals surface area (Å²) in [5.41, 5.74) is 0. The molecule has 0 aliphatic carbocycles. The summed E-state index contributed by atoms with van der Waals surface area (Å²) in [5.74, 6) is 1.42. The van der Waals surface area contributed by atoms with Gasteiger partial charge in [0.05, 0.1) is 20.1 Å². The van der Waals surface area contributed by atoms with Crippen molar-refractivity contribution in [2.45, 2.75) is 26.2 Å². The Morgan fingerprint density at radius 1 is 1.27 bits per heavy atom. The van der Waals surface area contributed by atoms with E-state index in [1.54, 1.807) is 13.2 Å². The highest BCUT2D eigenvalue weighted by Gasteiger charge is 2.11. The lowest BCUT2D eigenvalue weighted by Crippen LogP contribution is -2.15. The molecular weight excluding hydrogens is 302 g/mol. The number of amides is 1. The van der Waals surface area contributed by atoms with Crippen LogP contribution in [0.4, 0.5) is 5.13 Å². The van der Waals surface area contributed by atoms with E-state index in [9.17, 15) is 4.79 Å². The third-order valence-electron chi connectivity index (χ3n) is 2.84. The number of benzene rings is 1. The van der Waals surface area contributed by atoms with Gasteiger partial charge in [-0.15, -0.1) is 10.2 Å². The summed E-state index contributed by atoms with van der Waals surface area (Å²) in [7, 11) is 1.58. The molecule has 0 unspecified atom stereocenters. The number of nitrogens with zero attached hydrogens (tertiary/aromatic N) is 2. The minimum absolute atomic E-state index is 0.152.